The first-order chi connectivity index (χ1) is 17.2. The second-order valence-corrected chi connectivity index (χ2v) is 8.55. The minimum Gasteiger partial charge on any atom is -0.457 e. The SMILES string of the molecule is CN1CN(c2cccc(Oc3cccc(-c4cc(-c5ccccc5)ccn4)c3)c2)c2ccncc21. The highest BCUT2D eigenvalue weighted by Gasteiger charge is 2.24. The lowest BCUT2D eigenvalue weighted by molar-refractivity contribution is 0.483. The van der Waals surface area contributed by atoms with Gasteiger partial charge in [0, 0.05) is 36.8 Å². The van der Waals surface area contributed by atoms with Crippen LogP contribution in [0.4, 0.5) is 17.1 Å². The lowest BCUT2D eigenvalue weighted by Crippen LogP contribution is -2.23. The summed E-state index contributed by atoms with van der Waals surface area (Å²) in [6.07, 6.45) is 5.59. The Bertz CT molecular complexity index is 1480. The fourth-order valence-electron chi connectivity index (χ4n) is 4.45. The second kappa shape index (κ2) is 8.95. The van der Waals surface area contributed by atoms with Crippen LogP contribution >= 0.6 is 0 Å². The van der Waals surface area contributed by atoms with E-state index in [1.165, 1.54) is 5.56 Å². The molecule has 0 unspecified atom stereocenters. The van der Waals surface area contributed by atoms with Crippen LogP contribution < -0.4 is 14.5 Å². The molecule has 3 aromatic carbocycles. The number of hydrogen-bond donors (Lipinski definition) is 0. The summed E-state index contributed by atoms with van der Waals surface area (Å²) in [5.74, 6) is 1.56. The van der Waals surface area contributed by atoms with Gasteiger partial charge in [-0.2, -0.15) is 0 Å². The molecule has 6 rings (SSSR count). The summed E-state index contributed by atoms with van der Waals surface area (Å²) >= 11 is 0. The van der Waals surface area contributed by atoms with Gasteiger partial charge >= 0.3 is 0 Å². The van der Waals surface area contributed by atoms with E-state index in [-0.39, 0.29) is 0 Å². The van der Waals surface area contributed by atoms with Gasteiger partial charge in [0.2, 0.25) is 0 Å². The zero-order chi connectivity index (χ0) is 23.6. The summed E-state index contributed by atoms with van der Waals surface area (Å²) in [6, 6.07) is 32.8. The van der Waals surface area contributed by atoms with Crippen molar-refractivity contribution in [1.82, 2.24) is 9.97 Å². The molecule has 0 spiro atoms. The van der Waals surface area contributed by atoms with E-state index in [9.17, 15) is 0 Å². The van der Waals surface area contributed by atoms with Crippen LogP contribution in [0.5, 0.6) is 11.5 Å². The summed E-state index contributed by atoms with van der Waals surface area (Å²) in [6.45, 7) is 0.767. The summed E-state index contributed by atoms with van der Waals surface area (Å²) in [7, 11) is 2.08. The normalized spacial score (nSPS) is 12.5. The average molecular weight is 457 g/mol. The molecule has 0 saturated heterocycles. The Kier molecular flexibility index (Phi) is 5.35. The van der Waals surface area contributed by atoms with Crippen molar-refractivity contribution in [2.24, 2.45) is 0 Å². The largest absolute Gasteiger partial charge is 0.457 e. The van der Waals surface area contributed by atoms with Crippen molar-refractivity contribution in [3.63, 3.8) is 0 Å². The van der Waals surface area contributed by atoms with Crippen LogP contribution in [-0.2, 0) is 0 Å². The maximum absolute atomic E-state index is 6.29. The molecule has 0 fully saturated rings. The fraction of sp³-hybridized carbons (Fsp3) is 0.0667. The third kappa shape index (κ3) is 4.20. The zero-order valence-electron chi connectivity index (χ0n) is 19.4. The number of benzene rings is 3. The Morgan fingerprint density at radius 2 is 1.49 bits per heavy atom. The van der Waals surface area contributed by atoms with Crippen molar-refractivity contribution in [3.8, 4) is 33.9 Å². The standard InChI is InChI=1S/C30H24N4O/c1-33-21-34(29-14-15-31-20-30(29)33)25-10-6-12-27(19-25)35-26-11-5-9-24(17-26)28-18-23(13-16-32-28)22-7-3-2-4-8-22/h2-20H,21H2,1H3. The fourth-order valence-corrected chi connectivity index (χ4v) is 4.45. The van der Waals surface area contributed by atoms with Gasteiger partial charge in [0.05, 0.1) is 29.9 Å². The van der Waals surface area contributed by atoms with Crippen LogP contribution in [0.2, 0.25) is 0 Å². The van der Waals surface area contributed by atoms with Gasteiger partial charge in [-0.15, -0.1) is 0 Å². The number of anilines is 3. The molecule has 5 heteroatoms. The summed E-state index contributed by atoms with van der Waals surface area (Å²) < 4.78 is 6.29. The van der Waals surface area contributed by atoms with Crippen molar-refractivity contribution in [1.29, 1.82) is 0 Å². The van der Waals surface area contributed by atoms with Crippen LogP contribution in [0, 0.1) is 0 Å². The maximum atomic E-state index is 6.29. The third-order valence-electron chi connectivity index (χ3n) is 6.20. The molecule has 0 bridgehead atoms. The van der Waals surface area contributed by atoms with Crippen molar-refractivity contribution < 1.29 is 4.74 Å². The van der Waals surface area contributed by atoms with E-state index in [1.54, 1.807) is 0 Å². The Morgan fingerprint density at radius 1 is 0.686 bits per heavy atom. The molecule has 35 heavy (non-hydrogen) atoms. The van der Waals surface area contributed by atoms with Gasteiger partial charge < -0.3 is 14.5 Å². The predicted octanol–water partition coefficient (Wildman–Crippen LogP) is 7.15. The van der Waals surface area contributed by atoms with Crippen LogP contribution in [-0.4, -0.2) is 23.7 Å². The topological polar surface area (TPSA) is 41.5 Å². The average Bonchev–Trinajstić information content (AvgIpc) is 3.26. The van der Waals surface area contributed by atoms with E-state index >= 15 is 0 Å². The highest BCUT2D eigenvalue weighted by Crippen LogP contribution is 2.40. The predicted molar refractivity (Wildman–Crippen MR) is 141 cm³/mol. The minimum atomic E-state index is 0.767. The summed E-state index contributed by atoms with van der Waals surface area (Å²) in [5, 5.41) is 0. The van der Waals surface area contributed by atoms with Crippen LogP contribution in [0.1, 0.15) is 0 Å². The Balaban J connectivity index is 1.26. The second-order valence-electron chi connectivity index (χ2n) is 8.55. The molecule has 3 heterocycles. The van der Waals surface area contributed by atoms with Gasteiger partial charge in [0.1, 0.15) is 11.5 Å². The molecular weight excluding hydrogens is 432 g/mol. The molecule has 0 radical (unpaired) electrons. The Hall–Kier alpha value is -4.64. The van der Waals surface area contributed by atoms with Gasteiger partial charge in [0.15, 0.2) is 0 Å². The number of ether oxygens (including phenoxy) is 1. The van der Waals surface area contributed by atoms with E-state index in [4.69, 9.17) is 4.74 Å². The van der Waals surface area contributed by atoms with Crippen molar-refractivity contribution in [3.05, 3.63) is 116 Å². The minimum absolute atomic E-state index is 0.767. The number of aromatic nitrogens is 2. The Labute approximate surface area is 204 Å². The van der Waals surface area contributed by atoms with E-state index in [1.807, 2.05) is 79.3 Å². The van der Waals surface area contributed by atoms with Crippen molar-refractivity contribution in [2.45, 2.75) is 0 Å². The molecule has 0 N–H and O–H groups in total. The van der Waals surface area contributed by atoms with E-state index in [2.05, 4.69) is 63.2 Å². The quantitative estimate of drug-likeness (QED) is 0.281. The smallest absolute Gasteiger partial charge is 0.129 e. The highest BCUT2D eigenvalue weighted by atomic mass is 16.5. The molecule has 0 aliphatic carbocycles. The summed E-state index contributed by atoms with van der Waals surface area (Å²) in [4.78, 5) is 13.3. The molecule has 5 nitrogen and oxygen atoms in total. The number of hydrogen-bond acceptors (Lipinski definition) is 5. The first-order valence-corrected chi connectivity index (χ1v) is 11.6. The molecule has 1 aliphatic rings. The molecule has 0 atom stereocenters. The van der Waals surface area contributed by atoms with Gasteiger partial charge in [-0.05, 0) is 53.6 Å². The molecule has 170 valence electrons. The van der Waals surface area contributed by atoms with E-state index in [0.29, 0.717) is 0 Å². The van der Waals surface area contributed by atoms with Crippen molar-refractivity contribution in [2.75, 3.05) is 23.5 Å². The lowest BCUT2D eigenvalue weighted by atomic mass is 10.0. The van der Waals surface area contributed by atoms with E-state index in [0.717, 1.165) is 52.1 Å². The summed E-state index contributed by atoms with van der Waals surface area (Å²) in [5.41, 5.74) is 7.58. The molecular formula is C30H24N4O. The first kappa shape index (κ1) is 20.9. The molecule has 1 aliphatic heterocycles. The lowest BCUT2D eigenvalue weighted by Gasteiger charge is -2.20. The van der Waals surface area contributed by atoms with Gasteiger partial charge in [-0.25, -0.2) is 0 Å². The van der Waals surface area contributed by atoms with Crippen LogP contribution in [0.3, 0.4) is 0 Å². The number of rotatable bonds is 5. The van der Waals surface area contributed by atoms with E-state index < -0.39 is 0 Å². The first-order valence-electron chi connectivity index (χ1n) is 11.6. The highest BCUT2D eigenvalue weighted by molar-refractivity contribution is 5.81. The van der Waals surface area contributed by atoms with Crippen LogP contribution in [0.25, 0.3) is 22.4 Å². The molecule has 0 saturated carbocycles. The molecule has 0 amide bonds. The van der Waals surface area contributed by atoms with Gasteiger partial charge in [-0.1, -0.05) is 48.5 Å². The van der Waals surface area contributed by atoms with Gasteiger partial charge in [0.25, 0.3) is 0 Å². The van der Waals surface area contributed by atoms with Crippen LogP contribution in [0.15, 0.2) is 116 Å². The molecule has 2 aromatic heterocycles. The maximum Gasteiger partial charge on any atom is 0.129 e. The van der Waals surface area contributed by atoms with Gasteiger partial charge in [-0.3, -0.25) is 9.97 Å². The number of nitrogens with zero attached hydrogens (tertiary/aromatic N) is 4. The number of pyridine rings is 2. The Morgan fingerprint density at radius 3 is 2.37 bits per heavy atom. The zero-order valence-corrected chi connectivity index (χ0v) is 19.4. The van der Waals surface area contributed by atoms with Crippen molar-refractivity contribution >= 4 is 17.1 Å². The number of fused-ring (bicyclic) bond motifs is 1. The monoisotopic (exact) mass is 456 g/mol. The molecule has 5 aromatic rings. The third-order valence-corrected chi connectivity index (χ3v) is 6.20.